The van der Waals surface area contributed by atoms with Gasteiger partial charge in [-0.05, 0) is 44.9 Å². The molecule has 1 atom stereocenters. The van der Waals surface area contributed by atoms with E-state index >= 15 is 0 Å². The Morgan fingerprint density at radius 1 is 1.56 bits per heavy atom. The number of aryl methyl sites for hydroxylation is 1. The second-order valence-corrected chi connectivity index (χ2v) is 5.24. The van der Waals surface area contributed by atoms with Crippen molar-refractivity contribution < 1.29 is 9.90 Å². The van der Waals surface area contributed by atoms with Gasteiger partial charge in [-0.25, -0.2) is 0 Å². The van der Waals surface area contributed by atoms with Crippen LogP contribution in [0, 0.1) is 6.92 Å². The molecule has 0 saturated carbocycles. The number of amides is 1. The smallest absolute Gasteiger partial charge is 0.255 e. The highest BCUT2D eigenvalue weighted by Gasteiger charge is 2.28. The van der Waals surface area contributed by atoms with E-state index in [1.54, 1.807) is 25.1 Å². The van der Waals surface area contributed by atoms with Gasteiger partial charge >= 0.3 is 0 Å². The zero-order valence-electron chi connectivity index (χ0n) is 10.9. The monoisotopic (exact) mass is 248 g/mol. The zero-order valence-corrected chi connectivity index (χ0v) is 10.9. The van der Waals surface area contributed by atoms with E-state index in [0.29, 0.717) is 17.7 Å². The van der Waals surface area contributed by atoms with Crippen molar-refractivity contribution in [1.82, 2.24) is 10.6 Å². The van der Waals surface area contributed by atoms with Crippen LogP contribution in [0.5, 0.6) is 5.75 Å². The highest BCUT2D eigenvalue weighted by atomic mass is 16.3. The molecular weight excluding hydrogens is 228 g/mol. The molecule has 0 aromatic heterocycles. The lowest BCUT2D eigenvalue weighted by Crippen LogP contribution is -2.47. The van der Waals surface area contributed by atoms with Gasteiger partial charge < -0.3 is 15.7 Å². The van der Waals surface area contributed by atoms with Crippen LogP contribution >= 0.6 is 0 Å². The van der Waals surface area contributed by atoms with Crippen LogP contribution in [0.1, 0.15) is 35.7 Å². The first kappa shape index (κ1) is 12.9. The Labute approximate surface area is 107 Å². The highest BCUT2D eigenvalue weighted by Crippen LogP contribution is 2.22. The van der Waals surface area contributed by atoms with Gasteiger partial charge in [-0.15, -0.1) is 0 Å². The van der Waals surface area contributed by atoms with Crippen LogP contribution in [0.25, 0.3) is 0 Å². The molecule has 2 rings (SSSR count). The average molecular weight is 248 g/mol. The summed E-state index contributed by atoms with van der Waals surface area (Å²) in [5.41, 5.74) is 1.04. The Kier molecular flexibility index (Phi) is 3.57. The van der Waals surface area contributed by atoms with Crippen molar-refractivity contribution in [1.29, 1.82) is 0 Å². The van der Waals surface area contributed by atoms with E-state index in [9.17, 15) is 9.90 Å². The Hall–Kier alpha value is -1.55. The van der Waals surface area contributed by atoms with Crippen LogP contribution in [0.4, 0.5) is 0 Å². The molecule has 1 amide bonds. The first-order chi connectivity index (χ1) is 8.52. The number of rotatable bonds is 3. The summed E-state index contributed by atoms with van der Waals surface area (Å²) in [6.45, 7) is 5.48. The summed E-state index contributed by atoms with van der Waals surface area (Å²) >= 11 is 0. The third-order valence-electron chi connectivity index (χ3n) is 3.58. The first-order valence-electron chi connectivity index (χ1n) is 6.34. The fraction of sp³-hybridized carbons (Fsp3) is 0.500. The molecule has 1 aliphatic heterocycles. The molecule has 3 N–H and O–H groups in total. The number of para-hydroxylation sites is 1. The molecule has 1 unspecified atom stereocenters. The largest absolute Gasteiger partial charge is 0.507 e. The maximum atomic E-state index is 12.0. The van der Waals surface area contributed by atoms with Gasteiger partial charge in [0.1, 0.15) is 5.75 Å². The number of hydrogen-bond acceptors (Lipinski definition) is 3. The number of aromatic hydroxyl groups is 1. The average Bonchev–Trinajstić information content (AvgIpc) is 2.77. The third kappa shape index (κ3) is 2.64. The predicted molar refractivity (Wildman–Crippen MR) is 70.8 cm³/mol. The topological polar surface area (TPSA) is 61.4 Å². The highest BCUT2D eigenvalue weighted by molar-refractivity contribution is 5.97. The van der Waals surface area contributed by atoms with Crippen molar-refractivity contribution in [2.45, 2.75) is 32.2 Å². The van der Waals surface area contributed by atoms with Crippen molar-refractivity contribution in [3.8, 4) is 5.75 Å². The molecule has 0 aliphatic carbocycles. The van der Waals surface area contributed by atoms with Crippen molar-refractivity contribution in [2.24, 2.45) is 0 Å². The molecule has 1 aromatic carbocycles. The molecule has 0 spiro atoms. The number of benzene rings is 1. The standard InChI is InChI=1S/C14H20N2O2/c1-10-5-3-6-11(12(10)17)13(18)15-9-14(2)7-4-8-16-14/h3,5-6,16-17H,4,7-9H2,1-2H3,(H,15,18). The number of phenols is 1. The minimum atomic E-state index is -0.217. The Bertz CT molecular complexity index is 451. The maximum absolute atomic E-state index is 12.0. The van der Waals surface area contributed by atoms with Crippen molar-refractivity contribution in [3.63, 3.8) is 0 Å². The van der Waals surface area contributed by atoms with Gasteiger partial charge in [-0.3, -0.25) is 4.79 Å². The van der Waals surface area contributed by atoms with Crippen LogP contribution in [-0.2, 0) is 0 Å². The first-order valence-corrected chi connectivity index (χ1v) is 6.34. The SMILES string of the molecule is Cc1cccc(C(=O)NCC2(C)CCCN2)c1O. The number of nitrogens with one attached hydrogen (secondary N) is 2. The van der Waals surface area contributed by atoms with Crippen LogP contribution in [0.15, 0.2) is 18.2 Å². The van der Waals surface area contributed by atoms with Gasteiger partial charge in [0, 0.05) is 12.1 Å². The van der Waals surface area contributed by atoms with Gasteiger partial charge in [0.05, 0.1) is 5.56 Å². The van der Waals surface area contributed by atoms with E-state index in [4.69, 9.17) is 0 Å². The third-order valence-corrected chi connectivity index (χ3v) is 3.58. The minimum absolute atomic E-state index is 0.0187. The van der Waals surface area contributed by atoms with Crippen LogP contribution in [0.2, 0.25) is 0 Å². The number of carbonyl (C=O) groups excluding carboxylic acids is 1. The lowest BCUT2D eigenvalue weighted by Gasteiger charge is -2.24. The van der Waals surface area contributed by atoms with Gasteiger partial charge in [0.2, 0.25) is 0 Å². The maximum Gasteiger partial charge on any atom is 0.255 e. The molecular formula is C14H20N2O2. The lowest BCUT2D eigenvalue weighted by atomic mass is 10.0. The summed E-state index contributed by atoms with van der Waals surface area (Å²) in [5, 5.41) is 16.1. The zero-order chi connectivity index (χ0) is 13.2. The summed E-state index contributed by atoms with van der Waals surface area (Å²) in [7, 11) is 0. The van der Waals surface area contributed by atoms with E-state index in [1.807, 2.05) is 0 Å². The summed E-state index contributed by atoms with van der Waals surface area (Å²) in [5.74, 6) is -0.148. The van der Waals surface area contributed by atoms with E-state index < -0.39 is 0 Å². The van der Waals surface area contributed by atoms with Gasteiger partial charge in [-0.1, -0.05) is 12.1 Å². The molecule has 4 nitrogen and oxygen atoms in total. The second kappa shape index (κ2) is 4.98. The Balaban J connectivity index is 2.01. The summed E-state index contributed by atoms with van der Waals surface area (Å²) < 4.78 is 0. The number of hydrogen-bond donors (Lipinski definition) is 3. The van der Waals surface area contributed by atoms with Crippen molar-refractivity contribution in [2.75, 3.05) is 13.1 Å². The molecule has 1 aliphatic rings. The predicted octanol–water partition coefficient (Wildman–Crippen LogP) is 1.57. The minimum Gasteiger partial charge on any atom is -0.507 e. The molecule has 1 fully saturated rings. The fourth-order valence-corrected chi connectivity index (χ4v) is 2.32. The quantitative estimate of drug-likeness (QED) is 0.761. The fourth-order valence-electron chi connectivity index (χ4n) is 2.32. The van der Waals surface area contributed by atoms with E-state index in [0.717, 1.165) is 19.4 Å². The van der Waals surface area contributed by atoms with Gasteiger partial charge in [-0.2, -0.15) is 0 Å². The lowest BCUT2D eigenvalue weighted by molar-refractivity contribution is 0.0940. The van der Waals surface area contributed by atoms with E-state index in [2.05, 4.69) is 17.6 Å². The Morgan fingerprint density at radius 2 is 2.33 bits per heavy atom. The Morgan fingerprint density at radius 3 is 3.00 bits per heavy atom. The van der Waals surface area contributed by atoms with Crippen LogP contribution in [0.3, 0.4) is 0 Å². The molecule has 1 aromatic rings. The summed E-state index contributed by atoms with van der Waals surface area (Å²) in [4.78, 5) is 12.0. The van der Waals surface area contributed by atoms with Gasteiger partial charge in [0.15, 0.2) is 0 Å². The number of carbonyl (C=O) groups is 1. The van der Waals surface area contributed by atoms with Crippen molar-refractivity contribution in [3.05, 3.63) is 29.3 Å². The molecule has 0 bridgehead atoms. The molecule has 98 valence electrons. The van der Waals surface area contributed by atoms with Crippen LogP contribution in [-0.4, -0.2) is 29.6 Å². The van der Waals surface area contributed by atoms with Gasteiger partial charge in [0.25, 0.3) is 5.91 Å². The second-order valence-electron chi connectivity index (χ2n) is 5.24. The summed E-state index contributed by atoms with van der Waals surface area (Å²) in [6, 6.07) is 5.20. The van der Waals surface area contributed by atoms with Crippen LogP contribution < -0.4 is 10.6 Å². The van der Waals surface area contributed by atoms with E-state index in [-0.39, 0.29) is 17.2 Å². The molecule has 4 heteroatoms. The van der Waals surface area contributed by atoms with E-state index in [1.165, 1.54) is 0 Å². The summed E-state index contributed by atoms with van der Waals surface area (Å²) in [6.07, 6.45) is 2.20. The number of phenolic OH excluding ortho intramolecular Hbond substituents is 1. The van der Waals surface area contributed by atoms with Crippen molar-refractivity contribution >= 4 is 5.91 Å². The normalized spacial score (nSPS) is 23.0. The molecule has 1 heterocycles. The molecule has 1 saturated heterocycles. The molecule has 18 heavy (non-hydrogen) atoms. The molecule has 0 radical (unpaired) electrons.